The molecular weight excluding hydrogens is 268 g/mol. The molecule has 1 fully saturated rings. The molecule has 2 aliphatic heterocycles. The number of nitrogens with zero attached hydrogens (tertiary/aromatic N) is 2. The van der Waals surface area contributed by atoms with Crippen LogP contribution in [0.5, 0.6) is 5.88 Å². The first-order chi connectivity index (χ1) is 9.90. The van der Waals surface area contributed by atoms with Gasteiger partial charge < -0.3 is 14.4 Å². The molecule has 21 heavy (non-hydrogen) atoms. The zero-order chi connectivity index (χ0) is 15.1. The van der Waals surface area contributed by atoms with Crippen molar-refractivity contribution in [2.24, 2.45) is 0 Å². The molecule has 1 amide bonds. The SMILES string of the molecule is CC(C)(C)OC(=O)N1CCC2(CC1)COc1ncccc12. The third-order valence-electron chi connectivity index (χ3n) is 4.20. The summed E-state index contributed by atoms with van der Waals surface area (Å²) in [6, 6.07) is 4.05. The first-order valence-electron chi connectivity index (χ1n) is 7.46. The Bertz CT molecular complexity index is 543. The zero-order valence-electron chi connectivity index (χ0n) is 12.9. The molecular formula is C16H22N2O3. The smallest absolute Gasteiger partial charge is 0.410 e. The molecule has 1 aromatic heterocycles. The summed E-state index contributed by atoms with van der Waals surface area (Å²) in [7, 11) is 0. The molecule has 0 radical (unpaired) electrons. The van der Waals surface area contributed by atoms with Crippen molar-refractivity contribution in [1.29, 1.82) is 0 Å². The van der Waals surface area contributed by atoms with E-state index in [9.17, 15) is 4.79 Å². The molecule has 0 aliphatic carbocycles. The second-order valence-corrected chi connectivity index (χ2v) is 6.89. The average Bonchev–Trinajstić information content (AvgIpc) is 2.77. The Morgan fingerprint density at radius 2 is 2.10 bits per heavy atom. The number of carbonyl (C=O) groups is 1. The van der Waals surface area contributed by atoms with Crippen LogP contribution in [-0.4, -0.2) is 41.3 Å². The van der Waals surface area contributed by atoms with Gasteiger partial charge in [-0.15, -0.1) is 0 Å². The van der Waals surface area contributed by atoms with Crippen LogP contribution in [0.25, 0.3) is 0 Å². The van der Waals surface area contributed by atoms with Gasteiger partial charge in [-0.2, -0.15) is 0 Å². The highest BCUT2D eigenvalue weighted by Gasteiger charge is 2.44. The lowest BCUT2D eigenvalue weighted by Crippen LogP contribution is -2.47. The molecule has 1 saturated heterocycles. The van der Waals surface area contributed by atoms with E-state index in [1.54, 1.807) is 11.1 Å². The summed E-state index contributed by atoms with van der Waals surface area (Å²) in [6.07, 6.45) is 3.33. The molecule has 0 aromatic carbocycles. The molecule has 114 valence electrons. The fraction of sp³-hybridized carbons (Fsp3) is 0.625. The molecule has 3 heterocycles. The zero-order valence-corrected chi connectivity index (χ0v) is 12.9. The second kappa shape index (κ2) is 4.90. The molecule has 0 N–H and O–H groups in total. The monoisotopic (exact) mass is 290 g/mol. The maximum atomic E-state index is 12.1. The van der Waals surface area contributed by atoms with Crippen LogP contribution >= 0.6 is 0 Å². The van der Waals surface area contributed by atoms with Gasteiger partial charge in [-0.3, -0.25) is 0 Å². The van der Waals surface area contributed by atoms with Crippen LogP contribution in [-0.2, 0) is 10.2 Å². The van der Waals surface area contributed by atoms with E-state index in [-0.39, 0.29) is 11.5 Å². The fourth-order valence-electron chi connectivity index (χ4n) is 3.05. The van der Waals surface area contributed by atoms with Gasteiger partial charge in [0.05, 0.1) is 6.61 Å². The van der Waals surface area contributed by atoms with E-state index in [1.807, 2.05) is 26.8 Å². The number of hydrogen-bond acceptors (Lipinski definition) is 4. The van der Waals surface area contributed by atoms with Gasteiger partial charge in [-0.05, 0) is 39.7 Å². The van der Waals surface area contributed by atoms with Crippen LogP contribution in [0.15, 0.2) is 18.3 Å². The Balaban J connectivity index is 1.68. The van der Waals surface area contributed by atoms with Gasteiger partial charge in [0.15, 0.2) is 0 Å². The number of amides is 1. The van der Waals surface area contributed by atoms with E-state index < -0.39 is 5.60 Å². The summed E-state index contributed by atoms with van der Waals surface area (Å²) in [5.74, 6) is 0.753. The van der Waals surface area contributed by atoms with Crippen molar-refractivity contribution >= 4 is 6.09 Å². The Kier molecular flexibility index (Phi) is 3.30. The Hall–Kier alpha value is -1.78. The van der Waals surface area contributed by atoms with Gasteiger partial charge in [0.1, 0.15) is 5.60 Å². The number of fused-ring (bicyclic) bond motifs is 2. The van der Waals surface area contributed by atoms with E-state index in [0.717, 1.165) is 18.7 Å². The first kappa shape index (κ1) is 14.2. The van der Waals surface area contributed by atoms with E-state index in [4.69, 9.17) is 9.47 Å². The number of ether oxygens (including phenoxy) is 2. The van der Waals surface area contributed by atoms with Crippen LogP contribution in [0, 0.1) is 0 Å². The minimum absolute atomic E-state index is 0.0160. The summed E-state index contributed by atoms with van der Waals surface area (Å²) in [6.45, 7) is 7.75. The van der Waals surface area contributed by atoms with E-state index in [2.05, 4.69) is 11.1 Å². The third kappa shape index (κ3) is 2.69. The second-order valence-electron chi connectivity index (χ2n) is 6.89. The minimum atomic E-state index is -0.445. The molecule has 1 spiro atoms. The third-order valence-corrected chi connectivity index (χ3v) is 4.20. The molecule has 5 heteroatoms. The quantitative estimate of drug-likeness (QED) is 0.737. The van der Waals surface area contributed by atoms with Crippen molar-refractivity contribution in [3.63, 3.8) is 0 Å². The maximum Gasteiger partial charge on any atom is 0.410 e. The van der Waals surface area contributed by atoms with Gasteiger partial charge in [0.25, 0.3) is 0 Å². The summed E-state index contributed by atoms with van der Waals surface area (Å²) < 4.78 is 11.2. The van der Waals surface area contributed by atoms with Crippen molar-refractivity contribution in [3.05, 3.63) is 23.9 Å². The van der Waals surface area contributed by atoms with Gasteiger partial charge >= 0.3 is 6.09 Å². The highest BCUT2D eigenvalue weighted by atomic mass is 16.6. The van der Waals surface area contributed by atoms with Crippen LogP contribution in [0.4, 0.5) is 4.79 Å². The maximum absolute atomic E-state index is 12.1. The fourth-order valence-corrected chi connectivity index (χ4v) is 3.05. The number of pyridine rings is 1. The molecule has 0 atom stereocenters. The van der Waals surface area contributed by atoms with Crippen molar-refractivity contribution in [3.8, 4) is 5.88 Å². The summed E-state index contributed by atoms with van der Waals surface area (Å²) >= 11 is 0. The summed E-state index contributed by atoms with van der Waals surface area (Å²) in [5.41, 5.74) is 0.759. The van der Waals surface area contributed by atoms with Crippen LogP contribution in [0.3, 0.4) is 0 Å². The van der Waals surface area contributed by atoms with Crippen LogP contribution in [0.2, 0.25) is 0 Å². The Morgan fingerprint density at radius 1 is 1.38 bits per heavy atom. The summed E-state index contributed by atoms with van der Waals surface area (Å²) in [4.78, 5) is 18.2. The molecule has 3 rings (SSSR count). The number of piperidine rings is 1. The Labute approximate surface area is 125 Å². The van der Waals surface area contributed by atoms with Crippen LogP contribution < -0.4 is 4.74 Å². The summed E-state index contributed by atoms with van der Waals surface area (Å²) in [5, 5.41) is 0. The van der Waals surface area contributed by atoms with Crippen molar-refractivity contribution in [1.82, 2.24) is 9.88 Å². The average molecular weight is 290 g/mol. The topological polar surface area (TPSA) is 51.7 Å². The number of aromatic nitrogens is 1. The van der Waals surface area contributed by atoms with Crippen LogP contribution in [0.1, 0.15) is 39.2 Å². The normalized spacial score (nSPS) is 20.0. The van der Waals surface area contributed by atoms with Crippen molar-refractivity contribution in [2.75, 3.05) is 19.7 Å². The van der Waals surface area contributed by atoms with E-state index >= 15 is 0 Å². The highest BCUT2D eigenvalue weighted by Crippen LogP contribution is 2.44. The van der Waals surface area contributed by atoms with Gasteiger partial charge in [-0.1, -0.05) is 6.07 Å². The first-order valence-corrected chi connectivity index (χ1v) is 7.46. The predicted molar refractivity (Wildman–Crippen MR) is 78.5 cm³/mol. The van der Waals surface area contributed by atoms with Crippen molar-refractivity contribution < 1.29 is 14.3 Å². The highest BCUT2D eigenvalue weighted by molar-refractivity contribution is 5.68. The predicted octanol–water partition coefficient (Wildman–Crippen LogP) is 2.74. The largest absolute Gasteiger partial charge is 0.476 e. The van der Waals surface area contributed by atoms with Gasteiger partial charge in [0, 0.05) is 30.3 Å². The van der Waals surface area contributed by atoms with Gasteiger partial charge in [0.2, 0.25) is 5.88 Å². The minimum Gasteiger partial charge on any atom is -0.476 e. The molecule has 1 aromatic rings. The lowest BCUT2D eigenvalue weighted by atomic mass is 9.75. The number of carbonyl (C=O) groups excluding carboxylic acids is 1. The Morgan fingerprint density at radius 3 is 2.76 bits per heavy atom. The number of likely N-dealkylation sites (tertiary alicyclic amines) is 1. The lowest BCUT2D eigenvalue weighted by molar-refractivity contribution is 0.0152. The lowest BCUT2D eigenvalue weighted by Gasteiger charge is -2.38. The molecule has 0 unspecified atom stereocenters. The van der Waals surface area contributed by atoms with E-state index in [1.165, 1.54) is 5.56 Å². The molecule has 0 saturated carbocycles. The number of rotatable bonds is 0. The number of hydrogen-bond donors (Lipinski definition) is 0. The molecule has 2 aliphatic rings. The van der Waals surface area contributed by atoms with E-state index in [0.29, 0.717) is 19.7 Å². The van der Waals surface area contributed by atoms with Gasteiger partial charge in [-0.25, -0.2) is 9.78 Å². The molecule has 0 bridgehead atoms. The standard InChI is InChI=1S/C16H22N2O3/c1-15(2,3)21-14(19)18-9-6-16(7-10-18)11-20-13-12(16)5-4-8-17-13/h4-5,8H,6-7,9-11H2,1-3H3. The molecule has 5 nitrogen and oxygen atoms in total. The van der Waals surface area contributed by atoms with Crippen molar-refractivity contribution in [2.45, 2.75) is 44.6 Å².